The van der Waals surface area contributed by atoms with Crippen molar-refractivity contribution in [3.8, 4) is 6.07 Å². The monoisotopic (exact) mass is 314 g/mol. The molecular formula is C17H22N4O2. The molecule has 1 aliphatic heterocycles. The summed E-state index contributed by atoms with van der Waals surface area (Å²) >= 11 is 0. The average Bonchev–Trinajstić information content (AvgIpc) is 2.85. The van der Waals surface area contributed by atoms with Crippen molar-refractivity contribution in [2.24, 2.45) is 5.92 Å². The molecule has 0 aliphatic carbocycles. The van der Waals surface area contributed by atoms with Crippen LogP contribution in [0.1, 0.15) is 32.6 Å². The summed E-state index contributed by atoms with van der Waals surface area (Å²) in [6, 6.07) is 6.49. The normalized spacial score (nSPS) is 18.3. The number of carbonyl (C=O) groups excluding carboxylic acids is 2. The van der Waals surface area contributed by atoms with E-state index in [1.807, 2.05) is 6.07 Å². The van der Waals surface area contributed by atoms with Crippen LogP contribution in [0.4, 0.5) is 5.82 Å². The van der Waals surface area contributed by atoms with Crippen molar-refractivity contribution in [3.63, 3.8) is 0 Å². The highest BCUT2D eigenvalue weighted by Crippen LogP contribution is 2.16. The number of nitriles is 1. The maximum absolute atomic E-state index is 12.6. The molecule has 23 heavy (non-hydrogen) atoms. The van der Waals surface area contributed by atoms with E-state index in [0.717, 1.165) is 25.9 Å². The molecule has 0 aromatic carbocycles. The van der Waals surface area contributed by atoms with E-state index in [-0.39, 0.29) is 5.78 Å². The Kier molecular flexibility index (Phi) is 6.24. The summed E-state index contributed by atoms with van der Waals surface area (Å²) in [5, 5.41) is 11.8. The Morgan fingerprint density at radius 3 is 2.52 bits per heavy atom. The molecule has 6 heteroatoms. The number of pyridine rings is 1. The second-order valence-electron chi connectivity index (χ2n) is 5.79. The van der Waals surface area contributed by atoms with Gasteiger partial charge in [-0.25, -0.2) is 4.98 Å². The molecule has 6 nitrogen and oxygen atoms in total. The van der Waals surface area contributed by atoms with E-state index in [9.17, 15) is 14.9 Å². The lowest BCUT2D eigenvalue weighted by atomic mass is 9.98. The number of likely N-dealkylation sites (tertiary alicyclic amines) is 1. The van der Waals surface area contributed by atoms with Crippen LogP contribution in [-0.2, 0) is 9.59 Å². The van der Waals surface area contributed by atoms with Gasteiger partial charge < -0.3 is 5.32 Å². The molecule has 1 aromatic heterocycles. The lowest BCUT2D eigenvalue weighted by molar-refractivity contribution is -0.132. The van der Waals surface area contributed by atoms with Crippen molar-refractivity contribution in [2.75, 3.05) is 18.4 Å². The van der Waals surface area contributed by atoms with Gasteiger partial charge in [-0.3, -0.25) is 14.5 Å². The van der Waals surface area contributed by atoms with Crippen molar-refractivity contribution < 1.29 is 9.59 Å². The number of Topliss-reactive ketones (excluding diaryl/α,β-unsaturated/α-hetero) is 1. The Bertz CT molecular complexity index is 574. The number of carbonyl (C=O) groups is 2. The Hall–Kier alpha value is -2.26. The summed E-state index contributed by atoms with van der Waals surface area (Å²) in [6.45, 7) is 3.46. The second-order valence-corrected chi connectivity index (χ2v) is 5.79. The first kappa shape index (κ1) is 17.1. The third kappa shape index (κ3) is 4.60. The minimum atomic E-state index is -1.31. The molecule has 1 fully saturated rings. The summed E-state index contributed by atoms with van der Waals surface area (Å²) in [4.78, 5) is 30.9. The van der Waals surface area contributed by atoms with E-state index in [4.69, 9.17) is 0 Å². The van der Waals surface area contributed by atoms with Crippen LogP contribution in [0.3, 0.4) is 0 Å². The van der Waals surface area contributed by atoms with Gasteiger partial charge in [-0.05, 0) is 45.0 Å². The fourth-order valence-corrected chi connectivity index (χ4v) is 2.79. The molecule has 1 aliphatic rings. The van der Waals surface area contributed by atoms with Crippen LogP contribution in [0.2, 0.25) is 0 Å². The lowest BCUT2D eigenvalue weighted by Gasteiger charge is -2.27. The van der Waals surface area contributed by atoms with Gasteiger partial charge in [-0.15, -0.1) is 0 Å². The van der Waals surface area contributed by atoms with Crippen molar-refractivity contribution in [3.05, 3.63) is 24.4 Å². The van der Waals surface area contributed by atoms with Crippen molar-refractivity contribution in [2.45, 2.75) is 38.6 Å². The van der Waals surface area contributed by atoms with E-state index in [1.54, 1.807) is 31.3 Å². The molecule has 1 aromatic rings. The topological polar surface area (TPSA) is 86.1 Å². The number of hydrogen-bond donors (Lipinski definition) is 1. The highest BCUT2D eigenvalue weighted by atomic mass is 16.2. The minimum Gasteiger partial charge on any atom is -0.309 e. The van der Waals surface area contributed by atoms with Gasteiger partial charge in [0.25, 0.3) is 5.91 Å². The second kappa shape index (κ2) is 8.39. The fourth-order valence-electron chi connectivity index (χ4n) is 2.79. The van der Waals surface area contributed by atoms with Gasteiger partial charge in [0.1, 0.15) is 5.82 Å². The number of ketones is 1. The minimum absolute atomic E-state index is 0.341. The molecule has 2 atom stereocenters. The van der Waals surface area contributed by atoms with Crippen LogP contribution in [0.25, 0.3) is 0 Å². The summed E-state index contributed by atoms with van der Waals surface area (Å²) in [7, 11) is 0. The number of hydrogen-bond acceptors (Lipinski definition) is 5. The summed E-state index contributed by atoms with van der Waals surface area (Å²) in [5.41, 5.74) is 0. The zero-order valence-electron chi connectivity index (χ0n) is 13.4. The van der Waals surface area contributed by atoms with E-state index >= 15 is 0 Å². The van der Waals surface area contributed by atoms with Crippen molar-refractivity contribution >= 4 is 17.5 Å². The summed E-state index contributed by atoms with van der Waals surface area (Å²) < 4.78 is 0. The summed E-state index contributed by atoms with van der Waals surface area (Å²) in [6.07, 6.45) is 5.97. The third-order valence-corrected chi connectivity index (χ3v) is 4.19. The van der Waals surface area contributed by atoms with Crippen LogP contribution in [-0.4, -0.2) is 40.7 Å². The molecule has 0 radical (unpaired) electrons. The Balaban J connectivity index is 2.02. The predicted octanol–water partition coefficient (Wildman–Crippen LogP) is 1.99. The smallest absolute Gasteiger partial charge is 0.250 e. The SMILES string of the molecule is C[C@@H](C(=O)[C@@H](C#N)C(=O)Nc1ccccn1)N1CCCCCC1. The molecule has 122 valence electrons. The number of rotatable bonds is 5. The Morgan fingerprint density at radius 2 is 1.96 bits per heavy atom. The van der Waals surface area contributed by atoms with Crippen molar-refractivity contribution in [1.29, 1.82) is 5.26 Å². The first-order valence-electron chi connectivity index (χ1n) is 8.03. The van der Waals surface area contributed by atoms with E-state index in [1.165, 1.54) is 12.8 Å². The van der Waals surface area contributed by atoms with E-state index in [2.05, 4.69) is 15.2 Å². The quantitative estimate of drug-likeness (QED) is 0.840. The van der Waals surface area contributed by atoms with Gasteiger partial charge in [-0.2, -0.15) is 5.26 Å². The molecule has 1 N–H and O–H groups in total. The van der Waals surface area contributed by atoms with E-state index in [0.29, 0.717) is 5.82 Å². The number of nitrogens with one attached hydrogen (secondary N) is 1. The Labute approximate surface area is 136 Å². The van der Waals surface area contributed by atoms with Crippen LogP contribution < -0.4 is 5.32 Å². The average molecular weight is 314 g/mol. The first-order valence-corrected chi connectivity index (χ1v) is 8.03. The van der Waals surface area contributed by atoms with Crippen molar-refractivity contribution in [1.82, 2.24) is 9.88 Å². The molecule has 0 bridgehead atoms. The van der Waals surface area contributed by atoms with Crippen LogP contribution in [0.5, 0.6) is 0 Å². The zero-order valence-corrected chi connectivity index (χ0v) is 13.4. The fraction of sp³-hybridized carbons (Fsp3) is 0.529. The molecule has 1 amide bonds. The van der Waals surface area contributed by atoms with Gasteiger partial charge in [0.15, 0.2) is 11.7 Å². The maximum Gasteiger partial charge on any atom is 0.250 e. The molecule has 0 spiro atoms. The molecule has 1 saturated heterocycles. The van der Waals surface area contributed by atoms with Crippen LogP contribution >= 0.6 is 0 Å². The standard InChI is InChI=1S/C17H22N4O2/c1-13(21-10-6-2-3-7-11-21)16(22)14(12-18)17(23)20-15-8-4-5-9-19-15/h4-5,8-9,13-14H,2-3,6-7,10-11H2,1H3,(H,19,20,23)/t13-,14+/m0/s1. The van der Waals surface area contributed by atoms with Gasteiger partial charge in [0.05, 0.1) is 12.1 Å². The lowest BCUT2D eigenvalue weighted by Crippen LogP contribution is -2.45. The molecule has 0 saturated carbocycles. The molecule has 0 unspecified atom stereocenters. The number of amides is 1. The predicted molar refractivity (Wildman–Crippen MR) is 86.5 cm³/mol. The Morgan fingerprint density at radius 1 is 1.26 bits per heavy atom. The van der Waals surface area contributed by atoms with Crippen LogP contribution in [0, 0.1) is 17.2 Å². The van der Waals surface area contributed by atoms with Gasteiger partial charge in [-0.1, -0.05) is 18.9 Å². The van der Waals surface area contributed by atoms with Gasteiger partial charge in [0.2, 0.25) is 0 Å². The highest BCUT2D eigenvalue weighted by Gasteiger charge is 2.33. The molecule has 2 heterocycles. The molecule has 2 rings (SSSR count). The molecular weight excluding hydrogens is 292 g/mol. The highest BCUT2D eigenvalue weighted by molar-refractivity contribution is 6.10. The number of aromatic nitrogens is 1. The van der Waals surface area contributed by atoms with Crippen LogP contribution in [0.15, 0.2) is 24.4 Å². The van der Waals surface area contributed by atoms with E-state index < -0.39 is 17.9 Å². The zero-order chi connectivity index (χ0) is 16.7. The first-order chi connectivity index (χ1) is 11.1. The van der Waals surface area contributed by atoms with Gasteiger partial charge in [0, 0.05) is 6.20 Å². The summed E-state index contributed by atoms with van der Waals surface area (Å²) in [5.74, 6) is -1.93. The largest absolute Gasteiger partial charge is 0.309 e. The maximum atomic E-state index is 12.6. The number of anilines is 1. The number of nitrogens with zero attached hydrogens (tertiary/aromatic N) is 3. The third-order valence-electron chi connectivity index (χ3n) is 4.19. The van der Waals surface area contributed by atoms with Gasteiger partial charge >= 0.3 is 0 Å².